The van der Waals surface area contributed by atoms with E-state index in [-0.39, 0.29) is 0 Å². The normalized spacial score (nSPS) is 17.7. The van der Waals surface area contributed by atoms with Crippen LogP contribution in [-0.4, -0.2) is 30.9 Å². The van der Waals surface area contributed by atoms with E-state index in [4.69, 9.17) is 0 Å². The van der Waals surface area contributed by atoms with E-state index in [2.05, 4.69) is 6.92 Å². The Balaban J connectivity index is 4.90. The van der Waals surface area contributed by atoms with Gasteiger partial charge in [-0.25, -0.2) is 0 Å². The zero-order valence-corrected chi connectivity index (χ0v) is 10.9. The van der Waals surface area contributed by atoms with Crippen molar-refractivity contribution >= 4 is 8.03 Å². The Hall–Kier alpha value is 0.0200. The third kappa shape index (κ3) is 2.75. The van der Waals surface area contributed by atoms with Gasteiger partial charge >= 0.3 is 8.03 Å². The first kappa shape index (κ1) is 14.0. The molecular formula is C10H23NO2P+. The van der Waals surface area contributed by atoms with Gasteiger partial charge in [-0.3, -0.25) is 4.48 Å². The largest absolute Gasteiger partial charge is 0.590 e. The predicted octanol–water partition coefficient (Wildman–Crippen LogP) is 2.09. The summed E-state index contributed by atoms with van der Waals surface area (Å²) in [6.07, 6.45) is 3.48. The quantitative estimate of drug-likeness (QED) is 0.508. The fourth-order valence-electron chi connectivity index (χ4n) is 1.91. The molecule has 0 aliphatic heterocycles. The standard InChI is InChI=1S/C10H23NO2P/c1-6-8-9-10(7-2,14(12)13)11(3,4)5/h6-9H2,1-5H3/q+1. The van der Waals surface area contributed by atoms with Crippen LogP contribution in [0.4, 0.5) is 0 Å². The van der Waals surface area contributed by atoms with Crippen molar-refractivity contribution in [2.45, 2.75) is 44.8 Å². The molecule has 0 bridgehead atoms. The van der Waals surface area contributed by atoms with Gasteiger partial charge < -0.3 is 4.89 Å². The van der Waals surface area contributed by atoms with E-state index < -0.39 is 13.3 Å². The van der Waals surface area contributed by atoms with Gasteiger partial charge in [0.1, 0.15) is 0 Å². The van der Waals surface area contributed by atoms with Crippen LogP contribution < -0.4 is 4.89 Å². The molecular weight excluding hydrogens is 197 g/mol. The number of quaternary nitrogens is 1. The molecule has 0 aromatic rings. The number of hydrogen-bond acceptors (Lipinski definition) is 2. The highest BCUT2D eigenvalue weighted by Crippen LogP contribution is 2.44. The lowest BCUT2D eigenvalue weighted by Crippen LogP contribution is -2.55. The van der Waals surface area contributed by atoms with Crippen molar-refractivity contribution in [2.75, 3.05) is 21.1 Å². The van der Waals surface area contributed by atoms with E-state index in [1.807, 2.05) is 28.1 Å². The zero-order valence-electron chi connectivity index (χ0n) is 10.0. The molecule has 4 heteroatoms. The molecule has 0 aliphatic rings. The zero-order chi connectivity index (χ0) is 11.4. The minimum Gasteiger partial charge on any atom is -0.590 e. The Kier molecular flexibility index (Phi) is 5.21. The summed E-state index contributed by atoms with van der Waals surface area (Å²) < 4.78 is 11.9. The lowest BCUT2D eigenvalue weighted by Gasteiger charge is -2.38. The minimum atomic E-state index is -2.38. The van der Waals surface area contributed by atoms with Gasteiger partial charge in [0.15, 0.2) is 0 Å². The van der Waals surface area contributed by atoms with Crippen LogP contribution >= 0.6 is 8.03 Å². The molecule has 0 rings (SSSR count). The molecule has 0 heterocycles. The molecule has 0 amide bonds. The Bertz CT molecular complexity index is 201. The summed E-state index contributed by atoms with van der Waals surface area (Å²) >= 11 is 0. The van der Waals surface area contributed by atoms with Crippen LogP contribution in [-0.2, 0) is 4.57 Å². The molecule has 14 heavy (non-hydrogen) atoms. The second-order valence-corrected chi connectivity index (χ2v) is 6.06. The molecule has 3 nitrogen and oxygen atoms in total. The Morgan fingerprint density at radius 3 is 2.00 bits per heavy atom. The number of nitrogens with zero attached hydrogens (tertiary/aromatic N) is 1. The highest BCUT2D eigenvalue weighted by Gasteiger charge is 2.52. The average Bonchev–Trinajstić information content (AvgIpc) is 2.03. The van der Waals surface area contributed by atoms with Crippen LogP contribution in [0, 0.1) is 0 Å². The van der Waals surface area contributed by atoms with Gasteiger partial charge in [0.25, 0.3) is 5.28 Å². The van der Waals surface area contributed by atoms with Crippen LogP contribution in [0.25, 0.3) is 0 Å². The molecule has 0 fully saturated rings. The van der Waals surface area contributed by atoms with Crippen molar-refractivity contribution in [1.29, 1.82) is 0 Å². The average molecular weight is 220 g/mol. The highest BCUT2D eigenvalue weighted by molar-refractivity contribution is 7.38. The second kappa shape index (κ2) is 5.20. The van der Waals surface area contributed by atoms with Gasteiger partial charge in [-0.2, -0.15) is 0 Å². The second-order valence-electron chi connectivity index (χ2n) is 4.71. The van der Waals surface area contributed by atoms with E-state index in [0.717, 1.165) is 19.3 Å². The van der Waals surface area contributed by atoms with E-state index in [0.29, 0.717) is 10.9 Å². The van der Waals surface area contributed by atoms with Gasteiger partial charge in [-0.05, 0) is 6.42 Å². The molecule has 0 aromatic carbocycles. The molecule has 0 spiro atoms. The van der Waals surface area contributed by atoms with E-state index in [1.165, 1.54) is 0 Å². The van der Waals surface area contributed by atoms with Crippen molar-refractivity contribution in [3.05, 3.63) is 0 Å². The van der Waals surface area contributed by atoms with Crippen LogP contribution in [0.2, 0.25) is 0 Å². The van der Waals surface area contributed by atoms with Crippen molar-refractivity contribution < 1.29 is 13.9 Å². The summed E-state index contributed by atoms with van der Waals surface area (Å²) in [6, 6.07) is 0. The topological polar surface area (TPSA) is 40.1 Å². The first-order valence-corrected chi connectivity index (χ1v) is 6.45. The SMILES string of the molecule is CCCCC(CC)([P+](=O)[O-])[N+](C)(C)C. The Morgan fingerprint density at radius 2 is 1.79 bits per heavy atom. The van der Waals surface area contributed by atoms with Crippen LogP contribution in [0.3, 0.4) is 0 Å². The Morgan fingerprint density at radius 1 is 1.29 bits per heavy atom. The van der Waals surface area contributed by atoms with Crippen molar-refractivity contribution in [1.82, 2.24) is 0 Å². The molecule has 0 N–H and O–H groups in total. The van der Waals surface area contributed by atoms with Gasteiger partial charge in [0, 0.05) is 12.8 Å². The molecule has 2 atom stereocenters. The number of hydrogen-bond donors (Lipinski definition) is 0. The molecule has 84 valence electrons. The fraction of sp³-hybridized carbons (Fsp3) is 1.00. The lowest BCUT2D eigenvalue weighted by molar-refractivity contribution is -0.910. The third-order valence-electron chi connectivity index (χ3n) is 3.09. The molecule has 2 unspecified atom stereocenters. The van der Waals surface area contributed by atoms with E-state index in [9.17, 15) is 9.46 Å². The highest BCUT2D eigenvalue weighted by atomic mass is 31.1. The van der Waals surface area contributed by atoms with Gasteiger partial charge in [0.05, 0.1) is 21.1 Å². The first-order chi connectivity index (χ1) is 6.31. The first-order valence-electron chi connectivity index (χ1n) is 5.28. The van der Waals surface area contributed by atoms with Crippen molar-refractivity contribution in [3.63, 3.8) is 0 Å². The monoisotopic (exact) mass is 220 g/mol. The minimum absolute atomic E-state index is 0.502. The number of rotatable bonds is 6. The summed E-state index contributed by atoms with van der Waals surface area (Å²) in [5.74, 6) is 0. The fourth-order valence-corrected chi connectivity index (χ4v) is 3.00. The van der Waals surface area contributed by atoms with Gasteiger partial charge in [-0.1, -0.05) is 24.8 Å². The summed E-state index contributed by atoms with van der Waals surface area (Å²) in [7, 11) is 3.51. The summed E-state index contributed by atoms with van der Waals surface area (Å²) in [5, 5.41) is -0.578. The molecule has 0 saturated heterocycles. The van der Waals surface area contributed by atoms with Crippen LogP contribution in [0.15, 0.2) is 0 Å². The molecule has 0 radical (unpaired) electrons. The summed E-state index contributed by atoms with van der Waals surface area (Å²) in [4.78, 5) is 11.4. The molecule has 0 saturated carbocycles. The summed E-state index contributed by atoms with van der Waals surface area (Å²) in [6.45, 7) is 4.05. The van der Waals surface area contributed by atoms with Crippen molar-refractivity contribution in [3.8, 4) is 0 Å². The number of unbranched alkanes of at least 4 members (excludes halogenated alkanes) is 1. The molecule has 0 aromatic heterocycles. The van der Waals surface area contributed by atoms with Crippen LogP contribution in [0.1, 0.15) is 39.5 Å². The van der Waals surface area contributed by atoms with E-state index in [1.54, 1.807) is 0 Å². The third-order valence-corrected chi connectivity index (χ3v) is 4.91. The predicted molar refractivity (Wildman–Crippen MR) is 58.2 cm³/mol. The maximum Gasteiger partial charge on any atom is 0.376 e. The van der Waals surface area contributed by atoms with Crippen LogP contribution in [0.5, 0.6) is 0 Å². The molecule has 0 aliphatic carbocycles. The smallest absolute Gasteiger partial charge is 0.376 e. The van der Waals surface area contributed by atoms with Gasteiger partial charge in [0.2, 0.25) is 0 Å². The van der Waals surface area contributed by atoms with Crippen molar-refractivity contribution in [2.24, 2.45) is 0 Å². The maximum atomic E-state index is 11.4. The van der Waals surface area contributed by atoms with E-state index >= 15 is 0 Å². The maximum absolute atomic E-state index is 11.4. The van der Waals surface area contributed by atoms with Gasteiger partial charge in [-0.15, -0.1) is 0 Å². The Labute approximate surface area is 88.6 Å². The summed E-state index contributed by atoms with van der Waals surface area (Å²) in [5.41, 5.74) is 0. The lowest BCUT2D eigenvalue weighted by atomic mass is 10.0.